The monoisotopic (exact) mass is 260 g/mol. The van der Waals surface area contributed by atoms with Crippen LogP contribution in [0, 0.1) is 5.92 Å². The van der Waals surface area contributed by atoms with Gasteiger partial charge in [0, 0.05) is 28.5 Å². The highest BCUT2D eigenvalue weighted by atomic mass is 14.9. The summed E-state index contributed by atoms with van der Waals surface area (Å²) in [6, 6.07) is 16.3. The first-order chi connectivity index (χ1) is 9.81. The van der Waals surface area contributed by atoms with Crippen molar-refractivity contribution in [1.29, 1.82) is 0 Å². The van der Waals surface area contributed by atoms with Crippen molar-refractivity contribution >= 4 is 22.6 Å². The lowest BCUT2D eigenvalue weighted by Crippen LogP contribution is -1.95. The third-order valence-corrected chi connectivity index (χ3v) is 3.98. The second-order valence-electron chi connectivity index (χ2n) is 5.40. The van der Waals surface area contributed by atoms with Gasteiger partial charge in [0.15, 0.2) is 0 Å². The van der Waals surface area contributed by atoms with Gasteiger partial charge < -0.3 is 11.1 Å². The van der Waals surface area contributed by atoms with Crippen molar-refractivity contribution in [2.24, 2.45) is 5.92 Å². The molecule has 0 heterocycles. The maximum atomic E-state index is 5.73. The predicted molar refractivity (Wildman–Crippen MR) is 84.7 cm³/mol. The number of benzene rings is 2. The molecule has 4 rings (SSSR count). The van der Waals surface area contributed by atoms with Crippen LogP contribution in [0.2, 0.25) is 0 Å². The number of fused-ring (bicyclic) bond motifs is 1. The number of hydrogen-bond acceptors (Lipinski definition) is 2. The van der Waals surface area contributed by atoms with Gasteiger partial charge in [-0.25, -0.2) is 0 Å². The molecule has 0 saturated heterocycles. The van der Waals surface area contributed by atoms with E-state index in [1.165, 1.54) is 17.6 Å². The largest absolute Gasteiger partial charge is 0.399 e. The van der Waals surface area contributed by atoms with Crippen molar-refractivity contribution in [3.05, 3.63) is 71.8 Å². The molecule has 3 N–H and O–H groups in total. The van der Waals surface area contributed by atoms with Crippen molar-refractivity contribution < 1.29 is 0 Å². The van der Waals surface area contributed by atoms with Crippen molar-refractivity contribution in [2.45, 2.75) is 6.42 Å². The van der Waals surface area contributed by atoms with Crippen LogP contribution in [-0.2, 0) is 0 Å². The van der Waals surface area contributed by atoms with Crippen molar-refractivity contribution in [1.82, 2.24) is 0 Å². The lowest BCUT2D eigenvalue weighted by atomic mass is 10.0. The van der Waals surface area contributed by atoms with Gasteiger partial charge in [-0.15, -0.1) is 0 Å². The van der Waals surface area contributed by atoms with Crippen molar-refractivity contribution in [2.75, 3.05) is 11.1 Å². The fourth-order valence-electron chi connectivity index (χ4n) is 2.80. The average Bonchev–Trinajstić information content (AvgIpc) is 3.14. The van der Waals surface area contributed by atoms with Gasteiger partial charge in [-0.3, -0.25) is 0 Å². The van der Waals surface area contributed by atoms with E-state index in [1.807, 2.05) is 24.3 Å². The standard InChI is InChI=1S/C18H16N2/c19-13-6-8-14(9-7-13)20-18-4-2-1-3-16(18)15-10-5-12-11-17(12)15/h1-10,12,20H,11,19H2/t12-/m0/s1. The van der Waals surface area contributed by atoms with Gasteiger partial charge >= 0.3 is 0 Å². The number of hydrogen-bond donors (Lipinski definition) is 2. The molecule has 0 amide bonds. The number of anilines is 3. The molecule has 0 unspecified atom stereocenters. The molecule has 2 aromatic carbocycles. The van der Waals surface area contributed by atoms with Gasteiger partial charge in [0.25, 0.3) is 0 Å². The Labute approximate surface area is 118 Å². The molecule has 0 spiro atoms. The molecule has 2 aliphatic carbocycles. The molecule has 2 aliphatic rings. The Hall–Kier alpha value is -2.48. The van der Waals surface area contributed by atoms with Crippen LogP contribution < -0.4 is 11.1 Å². The summed E-state index contributed by atoms with van der Waals surface area (Å²) in [4.78, 5) is 0. The molecule has 0 bridgehead atoms. The summed E-state index contributed by atoms with van der Waals surface area (Å²) in [6.45, 7) is 0. The zero-order valence-corrected chi connectivity index (χ0v) is 11.1. The van der Waals surface area contributed by atoms with E-state index in [2.05, 4.69) is 41.7 Å². The first-order valence-electron chi connectivity index (χ1n) is 6.94. The Morgan fingerprint density at radius 3 is 2.50 bits per heavy atom. The minimum absolute atomic E-state index is 0.717. The molecule has 0 radical (unpaired) electrons. The molecule has 0 aliphatic heterocycles. The summed E-state index contributed by atoms with van der Waals surface area (Å²) in [5.74, 6) is 0.717. The number of allylic oxidation sites excluding steroid dienone is 4. The van der Waals surface area contributed by atoms with Gasteiger partial charge in [0.1, 0.15) is 0 Å². The third-order valence-electron chi connectivity index (χ3n) is 3.98. The molecule has 20 heavy (non-hydrogen) atoms. The Kier molecular flexibility index (Phi) is 2.43. The zero-order valence-electron chi connectivity index (χ0n) is 11.1. The topological polar surface area (TPSA) is 38.0 Å². The minimum Gasteiger partial charge on any atom is -0.399 e. The lowest BCUT2D eigenvalue weighted by molar-refractivity contribution is 1.17. The van der Waals surface area contributed by atoms with Gasteiger partial charge in [0.05, 0.1) is 0 Å². The first-order valence-corrected chi connectivity index (χ1v) is 6.94. The lowest BCUT2D eigenvalue weighted by Gasteiger charge is -2.12. The van der Waals surface area contributed by atoms with Crippen LogP contribution in [0.4, 0.5) is 17.1 Å². The smallest absolute Gasteiger partial charge is 0.0463 e. The third kappa shape index (κ3) is 1.90. The normalized spacial score (nSPS) is 19.1. The summed E-state index contributed by atoms with van der Waals surface area (Å²) in [5, 5.41) is 3.49. The van der Waals surface area contributed by atoms with E-state index < -0.39 is 0 Å². The molecule has 2 aromatic rings. The SMILES string of the molecule is Nc1ccc(Nc2ccccc2C2=C3C[C@@H]3C=C2)cc1. The van der Waals surface area contributed by atoms with Gasteiger partial charge in [-0.2, -0.15) is 0 Å². The number of para-hydroxylation sites is 1. The summed E-state index contributed by atoms with van der Waals surface area (Å²) < 4.78 is 0. The Morgan fingerprint density at radius 2 is 1.80 bits per heavy atom. The highest BCUT2D eigenvalue weighted by Gasteiger charge is 2.34. The molecule has 1 fully saturated rings. The van der Waals surface area contributed by atoms with Crippen LogP contribution in [0.15, 0.2) is 66.3 Å². The van der Waals surface area contributed by atoms with Crippen LogP contribution in [0.5, 0.6) is 0 Å². The van der Waals surface area contributed by atoms with Crippen LogP contribution >= 0.6 is 0 Å². The summed E-state index contributed by atoms with van der Waals surface area (Å²) in [7, 11) is 0. The molecular weight excluding hydrogens is 244 g/mol. The molecule has 1 saturated carbocycles. The molecular formula is C18H16N2. The van der Waals surface area contributed by atoms with Gasteiger partial charge in [-0.1, -0.05) is 35.9 Å². The Balaban J connectivity index is 1.70. The van der Waals surface area contributed by atoms with E-state index in [9.17, 15) is 0 Å². The molecule has 2 heteroatoms. The highest BCUT2D eigenvalue weighted by Crippen LogP contribution is 2.50. The van der Waals surface area contributed by atoms with Crippen LogP contribution in [0.3, 0.4) is 0 Å². The fraction of sp³-hybridized carbons (Fsp3) is 0.111. The molecule has 98 valence electrons. The van der Waals surface area contributed by atoms with Crippen LogP contribution in [0.25, 0.3) is 5.57 Å². The quantitative estimate of drug-likeness (QED) is 0.805. The van der Waals surface area contributed by atoms with Crippen LogP contribution in [0.1, 0.15) is 12.0 Å². The molecule has 1 atom stereocenters. The van der Waals surface area contributed by atoms with Gasteiger partial charge in [-0.05, 0) is 42.3 Å². The van der Waals surface area contributed by atoms with E-state index in [1.54, 1.807) is 5.57 Å². The number of nitrogen functional groups attached to an aromatic ring is 1. The maximum absolute atomic E-state index is 5.73. The molecule has 2 nitrogen and oxygen atoms in total. The van der Waals surface area contributed by atoms with Crippen molar-refractivity contribution in [3.63, 3.8) is 0 Å². The van der Waals surface area contributed by atoms with Crippen LogP contribution in [-0.4, -0.2) is 0 Å². The highest BCUT2D eigenvalue weighted by molar-refractivity contribution is 5.90. The number of nitrogens with two attached hydrogens (primary N) is 1. The van der Waals surface area contributed by atoms with E-state index in [0.717, 1.165) is 23.0 Å². The van der Waals surface area contributed by atoms with E-state index >= 15 is 0 Å². The van der Waals surface area contributed by atoms with Crippen molar-refractivity contribution in [3.8, 4) is 0 Å². The minimum atomic E-state index is 0.717. The van der Waals surface area contributed by atoms with E-state index in [4.69, 9.17) is 5.73 Å². The first kappa shape index (κ1) is 11.4. The fourth-order valence-corrected chi connectivity index (χ4v) is 2.80. The molecule has 0 aromatic heterocycles. The Bertz CT molecular complexity index is 723. The zero-order chi connectivity index (χ0) is 13.5. The maximum Gasteiger partial charge on any atom is 0.0463 e. The number of rotatable bonds is 3. The summed E-state index contributed by atoms with van der Waals surface area (Å²) >= 11 is 0. The summed E-state index contributed by atoms with van der Waals surface area (Å²) in [5.41, 5.74) is 13.0. The van der Waals surface area contributed by atoms with E-state index in [-0.39, 0.29) is 0 Å². The summed E-state index contributed by atoms with van der Waals surface area (Å²) in [6.07, 6.45) is 5.81. The second kappa shape index (κ2) is 4.27. The second-order valence-corrected chi connectivity index (χ2v) is 5.40. The van der Waals surface area contributed by atoms with Gasteiger partial charge in [0.2, 0.25) is 0 Å². The predicted octanol–water partition coefficient (Wildman–Crippen LogP) is 4.36. The number of nitrogens with one attached hydrogen (secondary N) is 1. The Morgan fingerprint density at radius 1 is 1.00 bits per heavy atom. The van der Waals surface area contributed by atoms with E-state index in [0.29, 0.717) is 0 Å². The average molecular weight is 260 g/mol.